The number of nitrogens with one attached hydrogen (secondary N) is 2. The summed E-state index contributed by atoms with van der Waals surface area (Å²) in [6, 6.07) is 0.485. The molecule has 3 saturated carbocycles. The zero-order chi connectivity index (χ0) is 16.3. The van der Waals surface area contributed by atoms with Crippen molar-refractivity contribution in [1.82, 2.24) is 10.6 Å². The van der Waals surface area contributed by atoms with E-state index in [2.05, 4.69) is 24.5 Å². The lowest BCUT2D eigenvalue weighted by atomic mass is 9.51. The first-order valence-electron chi connectivity index (χ1n) is 9.54. The molecular formula is C18H34IN3O2. The van der Waals surface area contributed by atoms with Crippen LogP contribution < -0.4 is 10.6 Å². The third-order valence-electron chi connectivity index (χ3n) is 6.20. The standard InChI is InChI=1S/C18H33N3O2.HI/c1-3-19-17(20-12-13-7-5-8-14(13)22)21-15-11-16(23-4-2)18(15)9-6-10-18;/h13-16,22H,3-12H2,1-2H3,(H2,19,20,21);1H. The van der Waals surface area contributed by atoms with Gasteiger partial charge in [-0.2, -0.15) is 0 Å². The summed E-state index contributed by atoms with van der Waals surface area (Å²) in [5, 5.41) is 17.0. The highest BCUT2D eigenvalue weighted by atomic mass is 127. The van der Waals surface area contributed by atoms with E-state index >= 15 is 0 Å². The van der Waals surface area contributed by atoms with Crippen molar-refractivity contribution in [3.05, 3.63) is 0 Å². The highest BCUT2D eigenvalue weighted by Gasteiger charge is 2.59. The van der Waals surface area contributed by atoms with Gasteiger partial charge in [-0.3, -0.25) is 4.99 Å². The van der Waals surface area contributed by atoms with Crippen LogP contribution in [0.5, 0.6) is 0 Å². The third kappa shape index (κ3) is 4.01. The van der Waals surface area contributed by atoms with Gasteiger partial charge in [0.15, 0.2) is 5.96 Å². The molecule has 24 heavy (non-hydrogen) atoms. The minimum absolute atomic E-state index is 0. The van der Waals surface area contributed by atoms with Crippen molar-refractivity contribution in [3.63, 3.8) is 0 Å². The second-order valence-corrected chi connectivity index (χ2v) is 7.44. The summed E-state index contributed by atoms with van der Waals surface area (Å²) in [7, 11) is 0. The quantitative estimate of drug-likeness (QED) is 0.330. The van der Waals surface area contributed by atoms with Gasteiger partial charge in [0.1, 0.15) is 0 Å². The molecule has 0 aromatic carbocycles. The number of aliphatic imine (C=N–C) groups is 1. The van der Waals surface area contributed by atoms with Crippen LogP contribution in [-0.2, 0) is 4.74 Å². The van der Waals surface area contributed by atoms with Crippen LogP contribution in [0.15, 0.2) is 4.99 Å². The van der Waals surface area contributed by atoms with Gasteiger partial charge >= 0.3 is 0 Å². The first-order valence-corrected chi connectivity index (χ1v) is 9.54. The topological polar surface area (TPSA) is 65.9 Å². The van der Waals surface area contributed by atoms with E-state index < -0.39 is 0 Å². The lowest BCUT2D eigenvalue weighted by Gasteiger charge is -2.61. The maximum Gasteiger partial charge on any atom is 0.191 e. The van der Waals surface area contributed by atoms with Crippen molar-refractivity contribution in [1.29, 1.82) is 0 Å². The number of aliphatic hydroxyl groups is 1. The van der Waals surface area contributed by atoms with Gasteiger partial charge in [-0.25, -0.2) is 0 Å². The number of nitrogens with zero attached hydrogens (tertiary/aromatic N) is 1. The van der Waals surface area contributed by atoms with E-state index in [0.717, 1.165) is 51.3 Å². The molecule has 3 fully saturated rings. The molecule has 3 N–H and O–H groups in total. The molecule has 0 saturated heterocycles. The Labute approximate surface area is 163 Å². The van der Waals surface area contributed by atoms with Crippen LogP contribution in [0.1, 0.15) is 58.8 Å². The number of hydrogen-bond acceptors (Lipinski definition) is 3. The predicted molar refractivity (Wildman–Crippen MR) is 108 cm³/mol. The molecular weight excluding hydrogens is 417 g/mol. The van der Waals surface area contributed by atoms with Crippen LogP contribution in [0.4, 0.5) is 0 Å². The summed E-state index contributed by atoms with van der Waals surface area (Å²) in [6.45, 7) is 6.60. The van der Waals surface area contributed by atoms with Crippen molar-refractivity contribution in [3.8, 4) is 0 Å². The highest BCUT2D eigenvalue weighted by Crippen LogP contribution is 2.57. The normalized spacial score (nSPS) is 34.2. The number of hydrogen-bond donors (Lipinski definition) is 3. The van der Waals surface area contributed by atoms with Crippen molar-refractivity contribution in [2.75, 3.05) is 19.7 Å². The summed E-state index contributed by atoms with van der Waals surface area (Å²) in [5.41, 5.74) is 0.346. The molecule has 4 unspecified atom stereocenters. The van der Waals surface area contributed by atoms with Gasteiger partial charge < -0.3 is 20.5 Å². The Bertz CT molecular complexity index is 428. The molecule has 6 heteroatoms. The van der Waals surface area contributed by atoms with E-state index in [1.807, 2.05) is 0 Å². The van der Waals surface area contributed by atoms with E-state index in [4.69, 9.17) is 9.73 Å². The van der Waals surface area contributed by atoms with Gasteiger partial charge in [-0.15, -0.1) is 24.0 Å². The van der Waals surface area contributed by atoms with Gasteiger partial charge in [0.2, 0.25) is 0 Å². The third-order valence-corrected chi connectivity index (χ3v) is 6.20. The Hall–Kier alpha value is -0.0800. The molecule has 0 bridgehead atoms. The Kier molecular flexibility index (Phi) is 7.61. The fourth-order valence-electron chi connectivity index (χ4n) is 4.56. The molecule has 0 aromatic heterocycles. The van der Waals surface area contributed by atoms with Crippen molar-refractivity contribution in [2.45, 2.75) is 77.0 Å². The Morgan fingerprint density at radius 1 is 1.25 bits per heavy atom. The molecule has 3 aliphatic rings. The van der Waals surface area contributed by atoms with Crippen LogP contribution in [0.3, 0.4) is 0 Å². The van der Waals surface area contributed by atoms with Gasteiger partial charge in [-0.05, 0) is 46.0 Å². The summed E-state index contributed by atoms with van der Waals surface area (Å²) < 4.78 is 5.93. The summed E-state index contributed by atoms with van der Waals surface area (Å²) in [5.74, 6) is 1.25. The summed E-state index contributed by atoms with van der Waals surface area (Å²) in [4.78, 5) is 4.76. The minimum Gasteiger partial charge on any atom is -0.393 e. The molecule has 0 radical (unpaired) electrons. The molecule has 4 atom stereocenters. The largest absolute Gasteiger partial charge is 0.393 e. The predicted octanol–water partition coefficient (Wildman–Crippen LogP) is 2.67. The maximum atomic E-state index is 9.97. The molecule has 1 spiro atoms. The molecule has 0 heterocycles. The molecule has 5 nitrogen and oxygen atoms in total. The van der Waals surface area contributed by atoms with E-state index in [1.165, 1.54) is 19.3 Å². The van der Waals surface area contributed by atoms with Crippen molar-refractivity contribution < 1.29 is 9.84 Å². The number of aliphatic hydroxyl groups excluding tert-OH is 1. The monoisotopic (exact) mass is 451 g/mol. The second kappa shape index (κ2) is 9.03. The Morgan fingerprint density at radius 2 is 2.04 bits per heavy atom. The molecule has 0 aliphatic heterocycles. The van der Waals surface area contributed by atoms with Crippen LogP contribution in [0, 0.1) is 11.3 Å². The van der Waals surface area contributed by atoms with Crippen LogP contribution in [0.25, 0.3) is 0 Å². The van der Waals surface area contributed by atoms with E-state index in [0.29, 0.717) is 23.5 Å². The number of guanidine groups is 1. The molecule has 0 amide bonds. The second-order valence-electron chi connectivity index (χ2n) is 7.44. The molecule has 0 aromatic rings. The fraction of sp³-hybridized carbons (Fsp3) is 0.944. The first-order chi connectivity index (χ1) is 11.2. The van der Waals surface area contributed by atoms with Gasteiger partial charge in [0, 0.05) is 37.1 Å². The lowest BCUT2D eigenvalue weighted by molar-refractivity contribution is -0.168. The number of rotatable bonds is 6. The summed E-state index contributed by atoms with van der Waals surface area (Å²) >= 11 is 0. The zero-order valence-electron chi connectivity index (χ0n) is 15.1. The lowest BCUT2D eigenvalue weighted by Crippen LogP contribution is -2.68. The average molecular weight is 451 g/mol. The smallest absolute Gasteiger partial charge is 0.191 e. The fourth-order valence-corrected chi connectivity index (χ4v) is 4.56. The van der Waals surface area contributed by atoms with E-state index in [1.54, 1.807) is 0 Å². The molecule has 3 aliphatic carbocycles. The van der Waals surface area contributed by atoms with Crippen LogP contribution in [0.2, 0.25) is 0 Å². The van der Waals surface area contributed by atoms with Crippen molar-refractivity contribution >= 4 is 29.9 Å². The van der Waals surface area contributed by atoms with Crippen LogP contribution >= 0.6 is 24.0 Å². The minimum atomic E-state index is -0.161. The Morgan fingerprint density at radius 3 is 2.58 bits per heavy atom. The SMILES string of the molecule is CCNC(=NCC1CCCC1O)NC1CC(OCC)C12CCC2.I. The number of halogens is 1. The summed E-state index contributed by atoms with van der Waals surface area (Å²) in [6.07, 6.45) is 8.40. The van der Waals surface area contributed by atoms with Crippen LogP contribution in [-0.4, -0.2) is 49.0 Å². The zero-order valence-corrected chi connectivity index (χ0v) is 17.4. The van der Waals surface area contributed by atoms with Gasteiger partial charge in [-0.1, -0.05) is 12.8 Å². The highest BCUT2D eigenvalue weighted by molar-refractivity contribution is 14.0. The van der Waals surface area contributed by atoms with Gasteiger partial charge in [0.25, 0.3) is 0 Å². The molecule has 3 rings (SSSR count). The van der Waals surface area contributed by atoms with Gasteiger partial charge in [0.05, 0.1) is 12.2 Å². The number of ether oxygens (including phenoxy) is 1. The Balaban J connectivity index is 0.00000208. The first kappa shape index (κ1) is 20.2. The van der Waals surface area contributed by atoms with E-state index in [9.17, 15) is 5.11 Å². The van der Waals surface area contributed by atoms with Crippen molar-refractivity contribution in [2.24, 2.45) is 16.3 Å². The average Bonchev–Trinajstić information content (AvgIpc) is 2.87. The molecule has 140 valence electrons. The maximum absolute atomic E-state index is 9.97. The van der Waals surface area contributed by atoms with E-state index in [-0.39, 0.29) is 30.1 Å².